The van der Waals surface area contributed by atoms with E-state index < -0.39 is 36.2 Å². The number of benzene rings is 3. The van der Waals surface area contributed by atoms with Gasteiger partial charge in [0.1, 0.15) is 15.9 Å². The minimum absolute atomic E-state index is 0. The number of aliphatic hydroxyl groups is 4. The van der Waals surface area contributed by atoms with Crippen molar-refractivity contribution in [3.8, 4) is 0 Å². The van der Waals surface area contributed by atoms with E-state index >= 15 is 0 Å². The molecule has 2 aromatic heterocycles. The summed E-state index contributed by atoms with van der Waals surface area (Å²) in [5.41, 5.74) is 2.34. The van der Waals surface area contributed by atoms with E-state index in [1.54, 1.807) is 52.3 Å². The smallest absolute Gasteiger partial charge is 0.744 e. The first-order chi connectivity index (χ1) is 29.5. The molecular formula is C35H36ClN10Na3O13S3. The molecule has 0 aliphatic carbocycles. The first-order valence-electron chi connectivity index (χ1n) is 17.5. The van der Waals surface area contributed by atoms with Crippen LogP contribution in [0.1, 0.15) is 22.5 Å². The molecule has 5 aromatic rings. The average molecular weight is 1010 g/mol. The third-order valence-electron chi connectivity index (χ3n) is 7.54. The maximum Gasteiger partial charge on any atom is 1.00 e. The van der Waals surface area contributed by atoms with Crippen LogP contribution in [-0.2, 0) is 37.8 Å². The fraction of sp³-hybridized carbons (Fsp3) is 0.257. The minimum atomic E-state index is -4.94. The Hall–Kier alpha value is -3.10. The molecule has 0 unspecified atom stereocenters. The summed E-state index contributed by atoms with van der Waals surface area (Å²) in [5.74, 6) is 0.901. The largest absolute Gasteiger partial charge is 1.00 e. The second-order valence-electron chi connectivity index (χ2n) is 11.8. The van der Waals surface area contributed by atoms with Gasteiger partial charge in [0, 0.05) is 38.3 Å². The maximum absolute atomic E-state index is 12.4. The number of aromatic nitrogens is 6. The molecular weight excluding hydrogens is 969 g/mol. The Bertz CT molecular complexity index is 2570. The van der Waals surface area contributed by atoms with Crippen molar-refractivity contribution in [2.45, 2.75) is 11.3 Å². The summed E-state index contributed by atoms with van der Waals surface area (Å²) in [5, 5.41) is 43.7. The van der Waals surface area contributed by atoms with Crippen molar-refractivity contribution in [2.24, 2.45) is 0 Å². The van der Waals surface area contributed by atoms with E-state index in [2.05, 4.69) is 52.7 Å². The predicted molar refractivity (Wildman–Crippen MR) is 220 cm³/mol. The number of aliphatic hydroxyl groups excluding tert-OH is 4. The molecule has 0 saturated heterocycles. The summed E-state index contributed by atoms with van der Waals surface area (Å²) in [7, 11) is -11.2. The number of halogens is 1. The summed E-state index contributed by atoms with van der Waals surface area (Å²) in [6.07, 6.45) is 3.38. The van der Waals surface area contributed by atoms with Crippen LogP contribution in [-0.4, -0.2) is 141 Å². The molecule has 0 aliphatic heterocycles. The molecule has 0 saturated carbocycles. The Morgan fingerprint density at radius 3 is 1.66 bits per heavy atom. The van der Waals surface area contributed by atoms with Gasteiger partial charge in [-0.3, -0.25) is 0 Å². The number of nitrogens with zero attached hydrogens (tertiary/aromatic N) is 8. The normalized spacial score (nSPS) is 10.3. The molecule has 30 heteroatoms. The van der Waals surface area contributed by atoms with Gasteiger partial charge in [-0.05, 0) is 35.0 Å². The van der Waals surface area contributed by atoms with Crippen LogP contribution in [0, 0.1) is 12.1 Å². The molecule has 332 valence electrons. The van der Waals surface area contributed by atoms with Crippen LogP contribution in [0.4, 0.5) is 35.2 Å². The van der Waals surface area contributed by atoms with Crippen LogP contribution in [0.15, 0.2) is 65.6 Å². The number of anilines is 6. The molecule has 0 spiro atoms. The van der Waals surface area contributed by atoms with E-state index in [9.17, 15) is 33.4 Å². The Balaban J connectivity index is 0.00000344. The monoisotopic (exact) mass is 1000 g/mol. The van der Waals surface area contributed by atoms with Gasteiger partial charge in [-0.25, -0.2) is 8.42 Å². The van der Waals surface area contributed by atoms with Gasteiger partial charge in [-0.2, -0.15) is 71.4 Å². The van der Waals surface area contributed by atoms with Crippen molar-refractivity contribution >= 4 is 90.3 Å². The topological polar surface area (TPSA) is 348 Å². The van der Waals surface area contributed by atoms with Gasteiger partial charge in [0.15, 0.2) is 0 Å². The molecule has 2 heterocycles. The number of hydrogen-bond acceptors (Lipinski definition) is 23. The van der Waals surface area contributed by atoms with Gasteiger partial charge < -0.3 is 45.4 Å². The quantitative estimate of drug-likeness (QED) is 0.0194. The van der Waals surface area contributed by atoms with Crippen molar-refractivity contribution in [3.63, 3.8) is 0 Å². The maximum atomic E-state index is 12.4. The zero-order valence-electron chi connectivity index (χ0n) is 34.9. The third-order valence-corrected chi connectivity index (χ3v) is 8.60. The van der Waals surface area contributed by atoms with E-state index in [4.69, 9.17) is 36.9 Å². The summed E-state index contributed by atoms with van der Waals surface area (Å²) in [6, 6.07) is 22.4. The van der Waals surface area contributed by atoms with Gasteiger partial charge >= 0.3 is 110 Å². The van der Waals surface area contributed by atoms with Crippen LogP contribution in [0.3, 0.4) is 0 Å². The average Bonchev–Trinajstić information content (AvgIpc) is 3.20. The summed E-state index contributed by atoms with van der Waals surface area (Å²) >= 11 is 6.09. The van der Waals surface area contributed by atoms with Crippen LogP contribution >= 0.6 is 11.6 Å². The van der Waals surface area contributed by atoms with E-state index in [1.807, 2.05) is 12.1 Å². The van der Waals surface area contributed by atoms with Crippen LogP contribution < -0.4 is 109 Å². The molecule has 0 amide bonds. The second-order valence-corrected chi connectivity index (χ2v) is 14.3. The standard InChI is InChI=1S/C35H37ClN10O7S.3Na.2O3S/c36-31-41-33(44-35(42-31)46(16-20-49)17-21-50)37-27-11-7-24(8-12-27)6-9-26-10-13-28(23-29(26)54(51,52)53)38-32-39-30(22-25-4-2-1-3-5-25)40-34(43-32)45(14-18-47)15-19-48;;;;2*1-4(2)3/h2-7,9-13,23,47-50H,14-22H2,(H,51,52,53)(H,37,41,42,44)(H,38,39,40,43);;;;;/q-2;3*+1;;/p-1/b9-6+;;;;;. The molecule has 0 bridgehead atoms. The van der Waals surface area contributed by atoms with Crippen LogP contribution in [0.25, 0.3) is 12.2 Å². The molecule has 6 N–H and O–H groups in total. The molecule has 5 rings (SSSR count). The fourth-order valence-electron chi connectivity index (χ4n) is 5.07. The van der Waals surface area contributed by atoms with Gasteiger partial charge in [-0.15, -0.1) is 55.6 Å². The number of hydrogen-bond donors (Lipinski definition) is 6. The molecule has 0 fully saturated rings. The number of rotatable bonds is 19. The molecule has 65 heavy (non-hydrogen) atoms. The van der Waals surface area contributed by atoms with Crippen molar-refractivity contribution in [1.29, 1.82) is 0 Å². The molecule has 0 aliphatic rings. The van der Waals surface area contributed by atoms with Gasteiger partial charge in [0.05, 0.1) is 31.3 Å². The zero-order valence-corrected chi connectivity index (χ0v) is 44.1. The summed E-state index contributed by atoms with van der Waals surface area (Å²) in [4.78, 5) is 28.6. The van der Waals surface area contributed by atoms with E-state index in [-0.39, 0.29) is 182 Å². The second kappa shape index (κ2) is 32.6. The molecule has 3 aromatic carbocycles. The third kappa shape index (κ3) is 23.5. The van der Waals surface area contributed by atoms with Crippen molar-refractivity contribution in [3.05, 3.63) is 101 Å². The molecule has 0 atom stereocenters. The van der Waals surface area contributed by atoms with Gasteiger partial charge in [0.2, 0.25) is 29.1 Å². The van der Waals surface area contributed by atoms with Gasteiger partial charge in [0.25, 0.3) is 0 Å². The van der Waals surface area contributed by atoms with Gasteiger partial charge in [-0.1, -0.05) is 12.1 Å². The zero-order chi connectivity index (χ0) is 45.7. The predicted octanol–water partition coefficient (Wildman–Crippen LogP) is -8.95. The summed E-state index contributed by atoms with van der Waals surface area (Å²) in [6.45, 7) is -0.162. The SMILES string of the molecule is O=S(=O)([O-])c1cc(Nc2nc(Cc3cc[c-]cc3)nc(N(CCO)CCO)n2)ccc1/C=C/c1[c-]cc(Nc2nc(Cl)nc(N(CCO)CCO)n2)cc1.O=S(=O)=O.O=S(=O)=O.[Na+].[Na+].[Na+]. The van der Waals surface area contributed by atoms with Crippen molar-refractivity contribution in [1.82, 2.24) is 29.9 Å². The van der Waals surface area contributed by atoms with Crippen molar-refractivity contribution < 1.29 is 147 Å². The van der Waals surface area contributed by atoms with E-state index in [0.29, 0.717) is 23.5 Å². The van der Waals surface area contributed by atoms with Crippen molar-refractivity contribution in [2.75, 3.05) is 73.0 Å². The van der Waals surface area contributed by atoms with Crippen LogP contribution in [0.5, 0.6) is 0 Å². The molecule has 23 nitrogen and oxygen atoms in total. The Morgan fingerprint density at radius 1 is 0.677 bits per heavy atom. The van der Waals surface area contributed by atoms with E-state index in [1.165, 1.54) is 18.2 Å². The Morgan fingerprint density at radius 2 is 1.17 bits per heavy atom. The fourth-order valence-corrected chi connectivity index (χ4v) is 5.92. The minimum Gasteiger partial charge on any atom is -0.744 e. The Kier molecular flexibility index (Phi) is 31.0. The summed E-state index contributed by atoms with van der Waals surface area (Å²) < 4.78 is 87.9. The van der Waals surface area contributed by atoms with E-state index in [0.717, 1.165) is 5.56 Å². The molecule has 0 radical (unpaired) electrons. The van der Waals surface area contributed by atoms with Crippen LogP contribution in [0.2, 0.25) is 5.28 Å². The number of nitrogens with one attached hydrogen (secondary N) is 2. The first-order valence-corrected chi connectivity index (χ1v) is 21.3. The first kappa shape index (κ1) is 61.9. The Labute approximate surface area is 447 Å².